The number of carbonyl (C=O) groups excluding carboxylic acids is 1. The molecule has 0 bridgehead atoms. The van der Waals surface area contributed by atoms with Crippen LogP contribution in [0.5, 0.6) is 5.88 Å². The Morgan fingerprint density at radius 3 is 2.59 bits per heavy atom. The van der Waals surface area contributed by atoms with Crippen molar-refractivity contribution < 1.29 is 23.1 Å². The molecule has 1 atom stereocenters. The van der Waals surface area contributed by atoms with Gasteiger partial charge in [0.05, 0.1) is 16.4 Å². The van der Waals surface area contributed by atoms with Gasteiger partial charge in [0.1, 0.15) is 5.76 Å². The lowest BCUT2D eigenvalue weighted by Gasteiger charge is -2.38. The first-order chi connectivity index (χ1) is 21.2. The minimum Gasteiger partial charge on any atom is -0.438 e. The zero-order chi connectivity index (χ0) is 30.7. The van der Waals surface area contributed by atoms with E-state index in [1.807, 2.05) is 42.5 Å². The summed E-state index contributed by atoms with van der Waals surface area (Å²) >= 11 is 6.03. The molecule has 1 saturated heterocycles. The van der Waals surface area contributed by atoms with Gasteiger partial charge in [0.2, 0.25) is 11.8 Å². The fourth-order valence-electron chi connectivity index (χ4n) is 5.75. The SMILES string of the molecule is O=C(NS(=O)(=O)c1ccccc1)C1C=CC=C2Oc3ncccc3C(=CCCN3CCC(O)(c4ccc(Cl)cc4)CC3)C=C21. The van der Waals surface area contributed by atoms with Gasteiger partial charge in [0.25, 0.3) is 10.0 Å². The van der Waals surface area contributed by atoms with E-state index in [-0.39, 0.29) is 4.90 Å². The van der Waals surface area contributed by atoms with Crippen LogP contribution in [0, 0.1) is 5.92 Å². The maximum Gasteiger partial charge on any atom is 0.264 e. The van der Waals surface area contributed by atoms with E-state index in [1.54, 1.807) is 42.6 Å². The minimum absolute atomic E-state index is 0.0107. The second-order valence-corrected chi connectivity index (χ2v) is 13.2. The van der Waals surface area contributed by atoms with Gasteiger partial charge in [-0.05, 0) is 78.9 Å². The van der Waals surface area contributed by atoms with E-state index in [4.69, 9.17) is 16.3 Å². The number of pyridine rings is 1. The molecule has 44 heavy (non-hydrogen) atoms. The van der Waals surface area contributed by atoms with Crippen LogP contribution < -0.4 is 9.46 Å². The molecule has 1 amide bonds. The van der Waals surface area contributed by atoms with Crippen LogP contribution in [-0.2, 0) is 20.4 Å². The molecule has 2 aliphatic heterocycles. The van der Waals surface area contributed by atoms with Crippen molar-refractivity contribution in [1.29, 1.82) is 0 Å². The number of fused-ring (bicyclic) bond motifs is 2. The van der Waals surface area contributed by atoms with Crippen molar-refractivity contribution >= 4 is 33.1 Å². The highest BCUT2D eigenvalue weighted by molar-refractivity contribution is 7.90. The van der Waals surface area contributed by atoms with Crippen molar-refractivity contribution in [1.82, 2.24) is 14.6 Å². The smallest absolute Gasteiger partial charge is 0.264 e. The lowest BCUT2D eigenvalue weighted by Crippen LogP contribution is -2.42. The molecule has 226 valence electrons. The number of carbonyl (C=O) groups is 1. The molecule has 10 heteroatoms. The third kappa shape index (κ3) is 6.42. The van der Waals surface area contributed by atoms with E-state index in [0.717, 1.165) is 36.3 Å². The van der Waals surface area contributed by atoms with Crippen molar-refractivity contribution in [2.75, 3.05) is 19.6 Å². The molecule has 0 radical (unpaired) electrons. The number of allylic oxidation sites excluding steroid dienone is 5. The molecule has 2 N–H and O–H groups in total. The Kier molecular flexibility index (Phi) is 8.55. The standard InChI is InChI=1S/C34H32ClN3O5S/c35-26-15-13-25(14-16-26)34(40)17-21-38(22-18-34)20-6-7-24-23-30-29(32(39)37-44(41,42)27-8-2-1-3-9-27)10-4-12-31(30)43-33-28(24)11-5-19-36-33/h1-5,7-16,19,23,29,40H,6,17-18,20-22H2,(H,37,39). The van der Waals surface area contributed by atoms with Crippen molar-refractivity contribution in [3.63, 3.8) is 0 Å². The molecule has 6 rings (SSSR count). The van der Waals surface area contributed by atoms with Crippen molar-refractivity contribution in [3.05, 3.63) is 131 Å². The van der Waals surface area contributed by atoms with Gasteiger partial charge in [-0.1, -0.05) is 60.2 Å². The Hall–Kier alpha value is -4.02. The minimum atomic E-state index is -4.05. The van der Waals surface area contributed by atoms with Gasteiger partial charge in [-0.2, -0.15) is 0 Å². The van der Waals surface area contributed by atoms with E-state index >= 15 is 0 Å². The predicted molar refractivity (Wildman–Crippen MR) is 169 cm³/mol. The molecule has 3 heterocycles. The zero-order valence-electron chi connectivity index (χ0n) is 23.9. The molecular formula is C34H32ClN3O5S. The molecule has 0 spiro atoms. The molecule has 8 nitrogen and oxygen atoms in total. The van der Waals surface area contributed by atoms with E-state index < -0.39 is 27.4 Å². The summed E-state index contributed by atoms with van der Waals surface area (Å²) in [7, 11) is -4.05. The van der Waals surface area contributed by atoms with Crippen molar-refractivity contribution in [3.8, 4) is 5.88 Å². The highest BCUT2D eigenvalue weighted by Gasteiger charge is 2.34. The summed E-state index contributed by atoms with van der Waals surface area (Å²) in [5.74, 6) is -0.719. The monoisotopic (exact) mass is 629 g/mol. The first kappa shape index (κ1) is 30.0. The van der Waals surface area contributed by atoms with Crippen LogP contribution in [0.1, 0.15) is 30.4 Å². The average Bonchev–Trinajstić information content (AvgIpc) is 3.19. The Morgan fingerprint density at radius 2 is 1.84 bits per heavy atom. The number of benzene rings is 2. The number of nitrogens with zero attached hydrogens (tertiary/aromatic N) is 2. The van der Waals surface area contributed by atoms with Gasteiger partial charge < -0.3 is 14.7 Å². The Bertz CT molecular complexity index is 1770. The van der Waals surface area contributed by atoms with Crippen molar-refractivity contribution in [2.45, 2.75) is 29.8 Å². The number of rotatable bonds is 7. The lowest BCUT2D eigenvalue weighted by molar-refractivity contribution is -0.120. The first-order valence-electron chi connectivity index (χ1n) is 14.5. The Labute approximate surface area is 262 Å². The largest absolute Gasteiger partial charge is 0.438 e. The van der Waals surface area contributed by atoms with E-state index in [2.05, 4.69) is 20.7 Å². The molecule has 1 aliphatic carbocycles. The third-order valence-corrected chi connectivity index (χ3v) is 9.83. The first-order valence-corrected chi connectivity index (χ1v) is 16.3. The second-order valence-electron chi connectivity index (χ2n) is 11.1. The normalized spacial score (nSPS) is 20.4. The number of ether oxygens (including phenoxy) is 1. The van der Waals surface area contributed by atoms with Crippen LogP contribution in [0.25, 0.3) is 5.57 Å². The number of hydrogen-bond donors (Lipinski definition) is 2. The number of sulfonamides is 1. The maximum absolute atomic E-state index is 13.4. The van der Waals surface area contributed by atoms with Gasteiger partial charge in [-0.15, -0.1) is 0 Å². The summed E-state index contributed by atoms with van der Waals surface area (Å²) in [6, 6.07) is 18.9. The summed E-state index contributed by atoms with van der Waals surface area (Å²) in [5, 5.41) is 11.9. The van der Waals surface area contributed by atoms with E-state index in [9.17, 15) is 18.3 Å². The molecule has 1 aromatic heterocycles. The summed E-state index contributed by atoms with van der Waals surface area (Å²) in [5.41, 5.74) is 2.18. The molecule has 3 aromatic rings. The van der Waals surface area contributed by atoms with Crippen LogP contribution in [0.2, 0.25) is 5.02 Å². The Morgan fingerprint density at radius 1 is 1.09 bits per heavy atom. The van der Waals surface area contributed by atoms with Gasteiger partial charge >= 0.3 is 0 Å². The summed E-state index contributed by atoms with van der Waals surface area (Å²) in [4.78, 5) is 20.2. The van der Waals surface area contributed by atoms with Crippen LogP contribution in [0.4, 0.5) is 0 Å². The van der Waals surface area contributed by atoms with Crippen LogP contribution in [0.3, 0.4) is 0 Å². The van der Waals surface area contributed by atoms with Crippen molar-refractivity contribution in [2.24, 2.45) is 5.92 Å². The topological polar surface area (TPSA) is 109 Å². The number of nitrogens with one attached hydrogen (secondary N) is 1. The number of aromatic nitrogens is 1. The number of halogens is 1. The molecular weight excluding hydrogens is 598 g/mol. The number of likely N-dealkylation sites (tertiary alicyclic amines) is 1. The molecule has 0 saturated carbocycles. The third-order valence-electron chi connectivity index (χ3n) is 8.22. The Balaban J connectivity index is 1.19. The van der Waals surface area contributed by atoms with Gasteiger partial charge in [0.15, 0.2) is 0 Å². The number of piperidine rings is 1. The number of aliphatic hydroxyl groups is 1. The predicted octanol–water partition coefficient (Wildman–Crippen LogP) is 5.39. The van der Waals surface area contributed by atoms with Crippen LogP contribution in [-0.4, -0.2) is 48.9 Å². The second kappa shape index (κ2) is 12.5. The fourth-order valence-corrected chi connectivity index (χ4v) is 6.90. The average molecular weight is 630 g/mol. The quantitative estimate of drug-likeness (QED) is 0.361. The van der Waals surface area contributed by atoms with Crippen LogP contribution in [0.15, 0.2) is 120 Å². The van der Waals surface area contributed by atoms with Gasteiger partial charge in [-0.3, -0.25) is 4.79 Å². The lowest BCUT2D eigenvalue weighted by atomic mass is 9.84. The highest BCUT2D eigenvalue weighted by atomic mass is 35.5. The van der Waals surface area contributed by atoms with E-state index in [1.165, 1.54) is 12.1 Å². The number of amides is 1. The van der Waals surface area contributed by atoms with Gasteiger partial charge in [0, 0.05) is 42.0 Å². The zero-order valence-corrected chi connectivity index (χ0v) is 25.5. The fraction of sp³-hybridized carbons (Fsp3) is 0.235. The van der Waals surface area contributed by atoms with Crippen LogP contribution >= 0.6 is 11.6 Å². The van der Waals surface area contributed by atoms with E-state index in [0.29, 0.717) is 41.5 Å². The molecule has 3 aliphatic rings. The molecule has 1 fully saturated rings. The summed E-state index contributed by atoms with van der Waals surface area (Å²) < 4.78 is 34.2. The maximum atomic E-state index is 13.4. The molecule has 1 unspecified atom stereocenters. The highest BCUT2D eigenvalue weighted by Crippen LogP contribution is 2.38. The molecule has 2 aromatic carbocycles. The van der Waals surface area contributed by atoms with Gasteiger partial charge in [-0.25, -0.2) is 18.1 Å². The number of hydrogen-bond acceptors (Lipinski definition) is 7. The summed E-state index contributed by atoms with van der Waals surface area (Å²) in [6.45, 7) is 2.28. The summed E-state index contributed by atoms with van der Waals surface area (Å²) in [6.07, 6.45) is 12.7.